The number of pyridine rings is 1. The molecule has 0 fully saturated rings. The van der Waals surface area contributed by atoms with E-state index in [1.54, 1.807) is 23.8 Å². The Morgan fingerprint density at radius 3 is 2.64 bits per heavy atom. The van der Waals surface area contributed by atoms with Crippen molar-refractivity contribution in [3.63, 3.8) is 0 Å². The lowest BCUT2D eigenvalue weighted by atomic mass is 9.80. The van der Waals surface area contributed by atoms with Crippen LogP contribution in [0.5, 0.6) is 0 Å². The molecule has 0 saturated heterocycles. The Hall–Kier alpha value is -3.78. The third-order valence-corrected chi connectivity index (χ3v) is 6.56. The molecule has 166 valence electrons. The average molecular weight is 457 g/mol. The second kappa shape index (κ2) is 9.38. The highest BCUT2D eigenvalue weighted by atomic mass is 32.1. The van der Waals surface area contributed by atoms with Gasteiger partial charge in [-0.1, -0.05) is 36.4 Å². The zero-order valence-corrected chi connectivity index (χ0v) is 19.0. The molecule has 8 heteroatoms. The van der Waals surface area contributed by atoms with Gasteiger partial charge in [0, 0.05) is 12.7 Å². The fourth-order valence-electron chi connectivity index (χ4n) is 4.15. The SMILES string of the molecule is CC(Nc1cccs1)(c1ccco1)C(c1ccccn1)c1nnnn1CCc1ccccc1. The summed E-state index contributed by atoms with van der Waals surface area (Å²) in [6, 6.07) is 24.2. The molecule has 2 atom stereocenters. The van der Waals surface area contributed by atoms with Crippen molar-refractivity contribution in [2.24, 2.45) is 0 Å². The highest BCUT2D eigenvalue weighted by molar-refractivity contribution is 7.14. The van der Waals surface area contributed by atoms with Crippen molar-refractivity contribution in [3.8, 4) is 0 Å². The standard InChI is InChI=1S/C25H24N6OS/c1-25(21-12-7-17-32-21,27-22-13-8-18-33-22)23(20-11-5-6-15-26-20)24-28-29-30-31(24)16-14-19-9-3-2-4-10-19/h2-13,15,17-18,23,27H,14,16H2,1H3. The van der Waals surface area contributed by atoms with Crippen LogP contribution in [-0.2, 0) is 18.5 Å². The summed E-state index contributed by atoms with van der Waals surface area (Å²) in [7, 11) is 0. The Kier molecular flexibility index (Phi) is 5.99. The number of nitrogens with one attached hydrogen (secondary N) is 1. The number of rotatable bonds is 9. The van der Waals surface area contributed by atoms with Gasteiger partial charge in [0.05, 0.1) is 22.9 Å². The van der Waals surface area contributed by atoms with Gasteiger partial charge in [-0.3, -0.25) is 4.98 Å². The molecule has 1 N–H and O–H groups in total. The van der Waals surface area contributed by atoms with Crippen molar-refractivity contribution in [2.45, 2.75) is 31.3 Å². The van der Waals surface area contributed by atoms with Gasteiger partial charge in [-0.25, -0.2) is 4.68 Å². The second-order valence-corrected chi connectivity index (χ2v) is 8.91. The molecule has 0 aliphatic rings. The molecule has 0 radical (unpaired) electrons. The summed E-state index contributed by atoms with van der Waals surface area (Å²) in [5.41, 5.74) is 1.40. The maximum atomic E-state index is 5.95. The van der Waals surface area contributed by atoms with Crippen molar-refractivity contribution >= 4 is 16.3 Å². The van der Waals surface area contributed by atoms with Gasteiger partial charge >= 0.3 is 0 Å². The molecule has 0 aliphatic heterocycles. The Morgan fingerprint density at radius 2 is 1.91 bits per heavy atom. The first-order chi connectivity index (χ1) is 16.2. The summed E-state index contributed by atoms with van der Waals surface area (Å²) in [6.45, 7) is 2.77. The Balaban J connectivity index is 1.59. The summed E-state index contributed by atoms with van der Waals surface area (Å²) in [4.78, 5) is 4.71. The summed E-state index contributed by atoms with van der Waals surface area (Å²) >= 11 is 1.64. The van der Waals surface area contributed by atoms with Crippen molar-refractivity contribution in [1.29, 1.82) is 0 Å². The molecule has 0 amide bonds. The lowest BCUT2D eigenvalue weighted by Crippen LogP contribution is -2.40. The Morgan fingerprint density at radius 1 is 1.03 bits per heavy atom. The van der Waals surface area contributed by atoms with Crippen LogP contribution < -0.4 is 5.32 Å². The quantitative estimate of drug-likeness (QED) is 0.331. The maximum absolute atomic E-state index is 5.95. The van der Waals surface area contributed by atoms with Crippen molar-refractivity contribution < 1.29 is 4.42 Å². The van der Waals surface area contributed by atoms with Gasteiger partial charge in [-0.05, 0) is 71.1 Å². The summed E-state index contributed by atoms with van der Waals surface area (Å²) in [6.07, 6.45) is 4.31. The summed E-state index contributed by atoms with van der Waals surface area (Å²) < 4.78 is 7.83. The minimum atomic E-state index is -0.693. The lowest BCUT2D eigenvalue weighted by molar-refractivity contribution is 0.343. The fraction of sp³-hybridized carbons (Fsp3) is 0.200. The number of thiophene rings is 1. The van der Waals surface area contributed by atoms with Crippen LogP contribution in [0.15, 0.2) is 95.1 Å². The number of furan rings is 1. The first kappa shape index (κ1) is 21.1. The third kappa shape index (κ3) is 4.42. The van der Waals surface area contributed by atoms with E-state index in [0.29, 0.717) is 6.54 Å². The van der Waals surface area contributed by atoms with Gasteiger partial charge in [-0.15, -0.1) is 16.4 Å². The monoisotopic (exact) mass is 456 g/mol. The van der Waals surface area contributed by atoms with E-state index in [1.807, 2.05) is 64.7 Å². The molecule has 4 aromatic heterocycles. The molecular weight excluding hydrogens is 432 g/mol. The molecule has 4 heterocycles. The molecule has 0 spiro atoms. The van der Waals surface area contributed by atoms with Crippen LogP contribution in [0.4, 0.5) is 5.00 Å². The molecule has 0 saturated carbocycles. The van der Waals surface area contributed by atoms with Crippen molar-refractivity contribution in [2.75, 3.05) is 5.32 Å². The van der Waals surface area contributed by atoms with E-state index >= 15 is 0 Å². The number of aryl methyl sites for hydroxylation is 2. The average Bonchev–Trinajstić information content (AvgIpc) is 3.63. The predicted octanol–water partition coefficient (Wildman–Crippen LogP) is 5.12. The van der Waals surface area contributed by atoms with Crippen LogP contribution in [0.3, 0.4) is 0 Å². The first-order valence-electron chi connectivity index (χ1n) is 10.8. The summed E-state index contributed by atoms with van der Waals surface area (Å²) in [5, 5.41) is 19.7. The van der Waals surface area contributed by atoms with Crippen LogP contribution >= 0.6 is 11.3 Å². The van der Waals surface area contributed by atoms with E-state index in [2.05, 4.69) is 46.0 Å². The smallest absolute Gasteiger partial charge is 0.163 e. The topological polar surface area (TPSA) is 81.7 Å². The van der Waals surface area contributed by atoms with Crippen LogP contribution in [0.2, 0.25) is 0 Å². The van der Waals surface area contributed by atoms with E-state index < -0.39 is 5.54 Å². The lowest BCUT2D eigenvalue weighted by Gasteiger charge is -2.36. The van der Waals surface area contributed by atoms with Gasteiger partial charge in [-0.2, -0.15) is 0 Å². The van der Waals surface area contributed by atoms with Gasteiger partial charge in [0.2, 0.25) is 0 Å². The molecular formula is C25H24N6OS. The largest absolute Gasteiger partial charge is 0.467 e. The van der Waals surface area contributed by atoms with E-state index in [1.165, 1.54) is 5.56 Å². The number of nitrogens with zero attached hydrogens (tertiary/aromatic N) is 5. The number of hydrogen-bond donors (Lipinski definition) is 1. The molecule has 5 aromatic rings. The molecule has 2 unspecified atom stereocenters. The van der Waals surface area contributed by atoms with Gasteiger partial charge in [0.1, 0.15) is 11.3 Å². The Labute approximate surface area is 196 Å². The highest BCUT2D eigenvalue weighted by Gasteiger charge is 2.44. The van der Waals surface area contributed by atoms with E-state index in [-0.39, 0.29) is 5.92 Å². The van der Waals surface area contributed by atoms with E-state index in [0.717, 1.165) is 28.7 Å². The number of tetrazole rings is 1. The predicted molar refractivity (Wildman–Crippen MR) is 128 cm³/mol. The van der Waals surface area contributed by atoms with E-state index in [9.17, 15) is 0 Å². The van der Waals surface area contributed by atoms with Crippen LogP contribution in [0, 0.1) is 0 Å². The van der Waals surface area contributed by atoms with Gasteiger partial charge < -0.3 is 9.73 Å². The fourth-order valence-corrected chi connectivity index (χ4v) is 4.88. The molecule has 7 nitrogen and oxygen atoms in total. The van der Waals surface area contributed by atoms with E-state index in [4.69, 9.17) is 9.40 Å². The normalized spacial score (nSPS) is 14.0. The van der Waals surface area contributed by atoms with Crippen LogP contribution in [0.1, 0.15) is 35.7 Å². The second-order valence-electron chi connectivity index (χ2n) is 7.97. The molecule has 1 aromatic carbocycles. The molecule has 0 bridgehead atoms. The maximum Gasteiger partial charge on any atom is 0.163 e. The van der Waals surface area contributed by atoms with Crippen molar-refractivity contribution in [3.05, 3.63) is 113 Å². The third-order valence-electron chi connectivity index (χ3n) is 5.77. The summed E-state index contributed by atoms with van der Waals surface area (Å²) in [5.74, 6) is 1.20. The van der Waals surface area contributed by atoms with Crippen molar-refractivity contribution in [1.82, 2.24) is 25.2 Å². The highest BCUT2D eigenvalue weighted by Crippen LogP contribution is 2.43. The number of benzene rings is 1. The minimum absolute atomic E-state index is 0.308. The zero-order valence-electron chi connectivity index (χ0n) is 18.2. The molecule has 33 heavy (non-hydrogen) atoms. The van der Waals surface area contributed by atoms with Gasteiger partial charge in [0.15, 0.2) is 5.82 Å². The number of aromatic nitrogens is 5. The van der Waals surface area contributed by atoms with Gasteiger partial charge in [0.25, 0.3) is 0 Å². The first-order valence-corrected chi connectivity index (χ1v) is 11.7. The Bertz CT molecular complexity index is 1260. The zero-order chi connectivity index (χ0) is 22.5. The number of hydrogen-bond acceptors (Lipinski definition) is 7. The number of anilines is 1. The molecule has 5 rings (SSSR count). The molecule has 0 aliphatic carbocycles. The minimum Gasteiger partial charge on any atom is -0.467 e. The van der Waals surface area contributed by atoms with Crippen LogP contribution in [0.25, 0.3) is 0 Å². The van der Waals surface area contributed by atoms with Crippen LogP contribution in [-0.4, -0.2) is 25.2 Å².